The summed E-state index contributed by atoms with van der Waals surface area (Å²) in [5.74, 6) is 1.96. The van der Waals surface area contributed by atoms with Gasteiger partial charge in [0.05, 0.1) is 30.2 Å². The van der Waals surface area contributed by atoms with Crippen molar-refractivity contribution in [2.45, 2.75) is 18.5 Å². The molecule has 1 aromatic heterocycles. The normalized spacial score (nSPS) is 18.5. The number of hydrogen-bond acceptors (Lipinski definition) is 4. The van der Waals surface area contributed by atoms with Crippen LogP contribution in [0.2, 0.25) is 0 Å². The highest BCUT2D eigenvalue weighted by Gasteiger charge is 2.31. The van der Waals surface area contributed by atoms with Gasteiger partial charge in [0.1, 0.15) is 11.5 Å². The van der Waals surface area contributed by atoms with Crippen LogP contribution in [0, 0.1) is 0 Å². The third-order valence-corrected chi connectivity index (χ3v) is 5.48. The summed E-state index contributed by atoms with van der Waals surface area (Å²) in [6.07, 6.45) is 0.803. The molecule has 0 radical (unpaired) electrons. The van der Waals surface area contributed by atoms with E-state index < -0.39 is 0 Å². The first-order valence-electron chi connectivity index (χ1n) is 9.40. The number of para-hydroxylation sites is 3. The highest BCUT2D eigenvalue weighted by Crippen LogP contribution is 2.42. The Labute approximate surface area is 163 Å². The quantitative estimate of drug-likeness (QED) is 0.538. The van der Waals surface area contributed by atoms with Gasteiger partial charge in [0.15, 0.2) is 0 Å². The lowest BCUT2D eigenvalue weighted by Gasteiger charge is -2.33. The zero-order valence-corrected chi connectivity index (χ0v) is 15.5. The van der Waals surface area contributed by atoms with Crippen LogP contribution in [0.1, 0.15) is 29.6 Å². The zero-order valence-electron chi connectivity index (χ0n) is 15.5. The lowest BCUT2D eigenvalue weighted by molar-refractivity contribution is 0.413. The van der Waals surface area contributed by atoms with Crippen LogP contribution < -0.4 is 10.1 Å². The molecule has 0 fully saturated rings. The van der Waals surface area contributed by atoms with E-state index in [-0.39, 0.29) is 12.1 Å². The fourth-order valence-corrected chi connectivity index (χ4v) is 4.10. The minimum atomic E-state index is -0.0300. The van der Waals surface area contributed by atoms with Crippen molar-refractivity contribution in [3.63, 3.8) is 0 Å². The second kappa shape index (κ2) is 6.60. The van der Waals surface area contributed by atoms with E-state index in [0.29, 0.717) is 5.75 Å². The molecule has 2 heterocycles. The molecule has 140 valence electrons. The number of ether oxygens (including phenoxy) is 1. The number of hydrogen-bond donors (Lipinski definition) is 2. The van der Waals surface area contributed by atoms with Gasteiger partial charge in [0.2, 0.25) is 5.95 Å². The van der Waals surface area contributed by atoms with Crippen molar-refractivity contribution < 1.29 is 9.84 Å². The molecule has 0 saturated heterocycles. The van der Waals surface area contributed by atoms with E-state index >= 15 is 0 Å². The molecule has 5 nitrogen and oxygen atoms in total. The van der Waals surface area contributed by atoms with Crippen molar-refractivity contribution in [2.75, 3.05) is 12.4 Å². The predicted molar refractivity (Wildman–Crippen MR) is 110 cm³/mol. The molecule has 2 atom stereocenters. The number of nitrogens with one attached hydrogen (secondary N) is 1. The van der Waals surface area contributed by atoms with Crippen LogP contribution in [0.4, 0.5) is 5.95 Å². The molecule has 1 aliphatic heterocycles. The van der Waals surface area contributed by atoms with Crippen LogP contribution in [0.15, 0.2) is 72.8 Å². The molecule has 28 heavy (non-hydrogen) atoms. The Morgan fingerprint density at radius 2 is 1.75 bits per heavy atom. The van der Waals surface area contributed by atoms with Crippen molar-refractivity contribution >= 4 is 17.0 Å². The fourth-order valence-electron chi connectivity index (χ4n) is 4.10. The summed E-state index contributed by atoms with van der Waals surface area (Å²) < 4.78 is 7.58. The second-order valence-electron chi connectivity index (χ2n) is 7.07. The number of aromatic nitrogens is 2. The van der Waals surface area contributed by atoms with Gasteiger partial charge in [-0.05, 0) is 42.3 Å². The molecule has 0 unspecified atom stereocenters. The summed E-state index contributed by atoms with van der Waals surface area (Å²) in [4.78, 5) is 4.81. The van der Waals surface area contributed by atoms with E-state index in [1.807, 2.05) is 48.5 Å². The molecule has 4 aromatic rings. The number of benzene rings is 3. The van der Waals surface area contributed by atoms with E-state index in [0.717, 1.165) is 34.7 Å². The molecule has 2 N–H and O–H groups in total. The number of methoxy groups -OCH3 is 1. The zero-order chi connectivity index (χ0) is 19.1. The molecule has 0 amide bonds. The SMILES string of the molecule is COc1ccc([C@@H]2C[C@H](c3ccccc3O)Nc3nc4ccccc4n32)cc1. The molecule has 5 heteroatoms. The summed E-state index contributed by atoms with van der Waals surface area (Å²) >= 11 is 0. The molecule has 5 rings (SSSR count). The minimum Gasteiger partial charge on any atom is -0.508 e. The molecular weight excluding hydrogens is 350 g/mol. The Morgan fingerprint density at radius 1 is 1.00 bits per heavy atom. The molecule has 0 bridgehead atoms. The van der Waals surface area contributed by atoms with Gasteiger partial charge in [0.25, 0.3) is 0 Å². The van der Waals surface area contributed by atoms with Crippen molar-refractivity contribution in [1.82, 2.24) is 9.55 Å². The summed E-state index contributed by atoms with van der Waals surface area (Å²) in [6, 6.07) is 23.9. The third kappa shape index (κ3) is 2.67. The van der Waals surface area contributed by atoms with Crippen molar-refractivity contribution in [2.24, 2.45) is 0 Å². The van der Waals surface area contributed by atoms with Gasteiger partial charge in [-0.3, -0.25) is 0 Å². The molecule has 0 saturated carbocycles. The number of rotatable bonds is 3. The second-order valence-corrected chi connectivity index (χ2v) is 7.07. The molecule has 0 aliphatic carbocycles. The summed E-state index contributed by atoms with van der Waals surface area (Å²) in [6.45, 7) is 0. The Morgan fingerprint density at radius 3 is 2.54 bits per heavy atom. The number of phenolic OH excluding ortho intramolecular Hbond substituents is 1. The lowest BCUT2D eigenvalue weighted by atomic mass is 9.92. The van der Waals surface area contributed by atoms with Gasteiger partial charge in [-0.25, -0.2) is 4.98 Å². The average Bonchev–Trinajstić information content (AvgIpc) is 3.12. The number of imidazole rings is 1. The van der Waals surface area contributed by atoms with E-state index in [2.05, 4.69) is 28.1 Å². The van der Waals surface area contributed by atoms with Crippen molar-refractivity contribution in [3.05, 3.63) is 83.9 Å². The standard InChI is InChI=1S/C23H21N3O2/c1-28-16-12-10-15(11-13-16)21-14-19(17-6-2-5-9-22(17)27)25-23-24-18-7-3-4-8-20(18)26(21)23/h2-13,19,21,27H,14H2,1H3,(H,24,25)/t19-,21+/m1/s1. The topological polar surface area (TPSA) is 59.3 Å². The van der Waals surface area contributed by atoms with Gasteiger partial charge >= 0.3 is 0 Å². The first kappa shape index (κ1) is 16.7. The van der Waals surface area contributed by atoms with Crippen molar-refractivity contribution in [1.29, 1.82) is 0 Å². The van der Waals surface area contributed by atoms with Gasteiger partial charge in [0, 0.05) is 5.56 Å². The van der Waals surface area contributed by atoms with E-state index in [1.54, 1.807) is 13.2 Å². The number of fused-ring (bicyclic) bond motifs is 3. The maximum Gasteiger partial charge on any atom is 0.204 e. The van der Waals surface area contributed by atoms with E-state index in [4.69, 9.17) is 9.72 Å². The fraction of sp³-hybridized carbons (Fsp3) is 0.174. The van der Waals surface area contributed by atoms with Crippen LogP contribution in [0.25, 0.3) is 11.0 Å². The van der Waals surface area contributed by atoms with Gasteiger partial charge in [-0.2, -0.15) is 0 Å². The molecule has 1 aliphatic rings. The summed E-state index contributed by atoms with van der Waals surface area (Å²) in [5.41, 5.74) is 4.13. The van der Waals surface area contributed by atoms with Crippen LogP contribution in [-0.4, -0.2) is 21.8 Å². The van der Waals surface area contributed by atoms with Gasteiger partial charge < -0.3 is 19.7 Å². The number of anilines is 1. The lowest BCUT2D eigenvalue weighted by Crippen LogP contribution is -2.27. The van der Waals surface area contributed by atoms with E-state index in [9.17, 15) is 5.11 Å². The number of nitrogens with zero attached hydrogens (tertiary/aromatic N) is 2. The first-order valence-corrected chi connectivity index (χ1v) is 9.40. The van der Waals surface area contributed by atoms with E-state index in [1.165, 1.54) is 5.56 Å². The molecule has 0 spiro atoms. The van der Waals surface area contributed by atoms with Gasteiger partial charge in [-0.1, -0.05) is 42.5 Å². The smallest absolute Gasteiger partial charge is 0.204 e. The summed E-state index contributed by atoms with van der Waals surface area (Å²) in [5, 5.41) is 13.9. The molecule has 3 aromatic carbocycles. The summed E-state index contributed by atoms with van der Waals surface area (Å²) in [7, 11) is 1.68. The predicted octanol–water partition coefficient (Wildman–Crippen LogP) is 4.90. The minimum absolute atomic E-state index is 0.0300. The van der Waals surface area contributed by atoms with Crippen LogP contribution in [0.3, 0.4) is 0 Å². The highest BCUT2D eigenvalue weighted by atomic mass is 16.5. The largest absolute Gasteiger partial charge is 0.508 e. The van der Waals surface area contributed by atoms with Gasteiger partial charge in [-0.15, -0.1) is 0 Å². The molecular formula is C23H21N3O2. The maximum absolute atomic E-state index is 10.4. The number of aromatic hydroxyl groups is 1. The van der Waals surface area contributed by atoms with Crippen LogP contribution in [-0.2, 0) is 0 Å². The van der Waals surface area contributed by atoms with Crippen LogP contribution in [0.5, 0.6) is 11.5 Å². The van der Waals surface area contributed by atoms with Crippen molar-refractivity contribution in [3.8, 4) is 11.5 Å². The Hall–Kier alpha value is -3.47. The monoisotopic (exact) mass is 371 g/mol. The Balaban J connectivity index is 1.66. The third-order valence-electron chi connectivity index (χ3n) is 5.48. The average molecular weight is 371 g/mol. The highest BCUT2D eigenvalue weighted by molar-refractivity contribution is 5.79. The Bertz CT molecular complexity index is 1130. The Kier molecular flexibility index (Phi) is 3.93. The van der Waals surface area contributed by atoms with Crippen LogP contribution >= 0.6 is 0 Å². The first-order chi connectivity index (χ1) is 13.7. The maximum atomic E-state index is 10.4. The number of phenols is 1.